The second-order valence-electron chi connectivity index (χ2n) is 9.97. The molecule has 0 amide bonds. The van der Waals surface area contributed by atoms with Crippen LogP contribution in [0.1, 0.15) is 62.5 Å². The average Bonchev–Trinajstić information content (AvgIpc) is 3.52. The molecule has 2 aromatic rings. The van der Waals surface area contributed by atoms with E-state index in [1.807, 2.05) is 6.07 Å². The van der Waals surface area contributed by atoms with Gasteiger partial charge in [0.05, 0.1) is 13.2 Å². The first-order chi connectivity index (χ1) is 15.7. The molecule has 3 aliphatic rings. The van der Waals surface area contributed by atoms with Gasteiger partial charge in [0.1, 0.15) is 12.4 Å². The van der Waals surface area contributed by atoms with Gasteiger partial charge in [0.25, 0.3) is 0 Å². The molecular weight excluding hydrogens is 398 g/mol. The summed E-state index contributed by atoms with van der Waals surface area (Å²) in [6.07, 6.45) is 9.54. The van der Waals surface area contributed by atoms with Crippen LogP contribution in [0.3, 0.4) is 0 Å². The second-order valence-corrected chi connectivity index (χ2v) is 9.97. The Labute approximate surface area is 192 Å². The number of benzene rings is 2. The van der Waals surface area contributed by atoms with Crippen molar-refractivity contribution in [1.29, 1.82) is 0 Å². The zero-order chi connectivity index (χ0) is 21.9. The summed E-state index contributed by atoms with van der Waals surface area (Å²) in [4.78, 5) is 2.65. The molecule has 0 unspecified atom stereocenters. The van der Waals surface area contributed by atoms with Crippen LogP contribution < -0.4 is 4.74 Å². The maximum atomic E-state index is 6.21. The highest BCUT2D eigenvalue weighted by molar-refractivity contribution is 5.34. The topological polar surface area (TPSA) is 30.9 Å². The van der Waals surface area contributed by atoms with Crippen molar-refractivity contribution in [3.63, 3.8) is 0 Å². The number of rotatable bonds is 7. The van der Waals surface area contributed by atoms with E-state index in [1.165, 1.54) is 43.4 Å². The van der Waals surface area contributed by atoms with Crippen molar-refractivity contribution in [3.05, 3.63) is 65.7 Å². The van der Waals surface area contributed by atoms with Gasteiger partial charge in [-0.15, -0.1) is 0 Å². The van der Waals surface area contributed by atoms with E-state index in [4.69, 9.17) is 14.2 Å². The maximum absolute atomic E-state index is 6.21. The number of nitrogens with zero attached hydrogens (tertiary/aromatic N) is 1. The molecule has 0 atom stereocenters. The third-order valence-electron chi connectivity index (χ3n) is 8.01. The fourth-order valence-corrected chi connectivity index (χ4v) is 6.09. The predicted molar refractivity (Wildman–Crippen MR) is 127 cm³/mol. The van der Waals surface area contributed by atoms with Crippen LogP contribution in [0.4, 0.5) is 0 Å². The van der Waals surface area contributed by atoms with Crippen molar-refractivity contribution in [1.82, 2.24) is 4.90 Å². The SMILES string of the molecule is CN(CC1CCCC1)C1(c2cccc(OCc3ccccc3)c2)CCC2(CC1)OCCO2. The average molecular weight is 436 g/mol. The smallest absolute Gasteiger partial charge is 0.168 e. The van der Waals surface area contributed by atoms with Crippen molar-refractivity contribution in [2.24, 2.45) is 5.92 Å². The van der Waals surface area contributed by atoms with E-state index in [1.54, 1.807) is 0 Å². The summed E-state index contributed by atoms with van der Waals surface area (Å²) in [5, 5.41) is 0. The minimum absolute atomic E-state index is 0.00919. The molecular formula is C28H37NO3. The summed E-state index contributed by atoms with van der Waals surface area (Å²) in [6.45, 7) is 3.23. The third kappa shape index (κ3) is 4.59. The minimum atomic E-state index is -0.348. The first-order valence-electron chi connectivity index (χ1n) is 12.4. The van der Waals surface area contributed by atoms with Gasteiger partial charge >= 0.3 is 0 Å². The van der Waals surface area contributed by atoms with Gasteiger partial charge in [-0.3, -0.25) is 4.90 Å². The fourth-order valence-electron chi connectivity index (χ4n) is 6.09. The van der Waals surface area contributed by atoms with Crippen LogP contribution in [0.15, 0.2) is 54.6 Å². The van der Waals surface area contributed by atoms with Gasteiger partial charge in [0, 0.05) is 24.9 Å². The largest absolute Gasteiger partial charge is 0.489 e. The van der Waals surface area contributed by atoms with E-state index in [2.05, 4.69) is 60.5 Å². The van der Waals surface area contributed by atoms with Crippen molar-refractivity contribution in [2.45, 2.75) is 69.3 Å². The van der Waals surface area contributed by atoms with E-state index in [0.29, 0.717) is 6.61 Å². The van der Waals surface area contributed by atoms with Crippen LogP contribution >= 0.6 is 0 Å². The minimum Gasteiger partial charge on any atom is -0.489 e. The maximum Gasteiger partial charge on any atom is 0.168 e. The van der Waals surface area contributed by atoms with Gasteiger partial charge in [-0.2, -0.15) is 0 Å². The summed E-state index contributed by atoms with van der Waals surface area (Å²) >= 11 is 0. The lowest BCUT2D eigenvalue weighted by molar-refractivity contribution is -0.195. The summed E-state index contributed by atoms with van der Waals surface area (Å²) < 4.78 is 18.3. The van der Waals surface area contributed by atoms with Crippen molar-refractivity contribution in [2.75, 3.05) is 26.8 Å². The van der Waals surface area contributed by atoms with Gasteiger partial charge in [-0.25, -0.2) is 0 Å². The van der Waals surface area contributed by atoms with E-state index in [9.17, 15) is 0 Å². The Balaban J connectivity index is 1.37. The summed E-state index contributed by atoms with van der Waals surface area (Å²) in [6, 6.07) is 19.2. The van der Waals surface area contributed by atoms with Crippen LogP contribution in [0, 0.1) is 5.92 Å². The molecule has 0 radical (unpaired) electrons. The van der Waals surface area contributed by atoms with Gasteiger partial charge in [0.15, 0.2) is 5.79 Å². The normalized spacial score (nSPS) is 22.6. The Bertz CT molecular complexity index is 861. The first-order valence-corrected chi connectivity index (χ1v) is 12.4. The van der Waals surface area contributed by atoms with Crippen LogP contribution in [0.2, 0.25) is 0 Å². The molecule has 1 aliphatic heterocycles. The summed E-state index contributed by atoms with van der Waals surface area (Å²) in [5.74, 6) is 1.43. The lowest BCUT2D eigenvalue weighted by Gasteiger charge is -2.50. The monoisotopic (exact) mass is 435 g/mol. The molecule has 5 rings (SSSR count). The molecule has 2 saturated carbocycles. The highest BCUT2D eigenvalue weighted by Gasteiger charge is 2.49. The molecule has 3 fully saturated rings. The van der Waals surface area contributed by atoms with Crippen molar-refractivity contribution in [3.8, 4) is 5.75 Å². The molecule has 0 bridgehead atoms. The van der Waals surface area contributed by atoms with E-state index in [0.717, 1.165) is 50.6 Å². The van der Waals surface area contributed by atoms with Gasteiger partial charge in [-0.05, 0) is 61.9 Å². The molecule has 4 heteroatoms. The number of ether oxygens (including phenoxy) is 3. The molecule has 1 spiro atoms. The second kappa shape index (κ2) is 9.54. The van der Waals surface area contributed by atoms with Crippen LogP contribution in [0.5, 0.6) is 5.75 Å². The van der Waals surface area contributed by atoms with E-state index >= 15 is 0 Å². The standard InChI is InChI=1S/C28H37NO3/c1-29(21-23-8-5-6-9-23)27(14-16-28(17-15-27)31-18-19-32-28)25-12-7-13-26(20-25)30-22-24-10-3-2-4-11-24/h2-4,7,10-13,20,23H,5-6,8-9,14-19,21-22H2,1H3. The highest BCUT2D eigenvalue weighted by Crippen LogP contribution is 2.49. The Morgan fingerprint density at radius 1 is 0.906 bits per heavy atom. The van der Waals surface area contributed by atoms with E-state index in [-0.39, 0.29) is 11.3 Å². The fraction of sp³-hybridized carbons (Fsp3) is 0.571. The Morgan fingerprint density at radius 2 is 1.62 bits per heavy atom. The van der Waals surface area contributed by atoms with Crippen LogP contribution in [-0.4, -0.2) is 37.5 Å². The highest BCUT2D eigenvalue weighted by atomic mass is 16.7. The number of hydrogen-bond donors (Lipinski definition) is 0. The Morgan fingerprint density at radius 3 is 2.34 bits per heavy atom. The molecule has 0 N–H and O–H groups in total. The molecule has 1 heterocycles. The molecule has 172 valence electrons. The van der Waals surface area contributed by atoms with Crippen molar-refractivity contribution >= 4 is 0 Å². The van der Waals surface area contributed by atoms with Crippen molar-refractivity contribution < 1.29 is 14.2 Å². The molecule has 1 saturated heterocycles. The predicted octanol–water partition coefficient (Wildman–Crippen LogP) is 5.90. The lowest BCUT2D eigenvalue weighted by Crippen LogP contribution is -2.51. The van der Waals surface area contributed by atoms with Crippen LogP contribution in [-0.2, 0) is 21.6 Å². The molecule has 4 nitrogen and oxygen atoms in total. The zero-order valence-corrected chi connectivity index (χ0v) is 19.4. The first kappa shape index (κ1) is 21.9. The summed E-state index contributed by atoms with van der Waals surface area (Å²) in [5.41, 5.74) is 2.58. The van der Waals surface area contributed by atoms with E-state index < -0.39 is 0 Å². The number of hydrogen-bond acceptors (Lipinski definition) is 4. The summed E-state index contributed by atoms with van der Waals surface area (Å²) in [7, 11) is 2.34. The Kier molecular flexibility index (Phi) is 6.54. The van der Waals surface area contributed by atoms with Gasteiger partial charge in [-0.1, -0.05) is 55.3 Å². The third-order valence-corrected chi connectivity index (χ3v) is 8.01. The molecule has 32 heavy (non-hydrogen) atoms. The Hall–Kier alpha value is -1.88. The molecule has 2 aromatic carbocycles. The lowest BCUT2D eigenvalue weighted by atomic mass is 9.73. The molecule has 0 aromatic heterocycles. The van der Waals surface area contributed by atoms with Gasteiger partial charge < -0.3 is 14.2 Å². The quantitative estimate of drug-likeness (QED) is 0.542. The van der Waals surface area contributed by atoms with Crippen LogP contribution in [0.25, 0.3) is 0 Å². The zero-order valence-electron chi connectivity index (χ0n) is 19.4. The van der Waals surface area contributed by atoms with Gasteiger partial charge in [0.2, 0.25) is 0 Å². The molecule has 2 aliphatic carbocycles.